The molecule has 4 aliphatic rings. The highest BCUT2D eigenvalue weighted by molar-refractivity contribution is 7.91. The first kappa shape index (κ1) is 37.1. The van der Waals surface area contributed by atoms with Crippen LogP contribution in [-0.2, 0) is 30.6 Å². The summed E-state index contributed by atoms with van der Waals surface area (Å²) in [5.74, 6) is -3.05. The van der Waals surface area contributed by atoms with Gasteiger partial charge in [-0.15, -0.1) is 0 Å². The number of alkyl halides is 3. The van der Waals surface area contributed by atoms with Crippen molar-refractivity contribution in [2.75, 3.05) is 11.9 Å². The molecule has 0 unspecified atom stereocenters. The fraction of sp³-hybridized carbons (Fsp3) is 0.500. The van der Waals surface area contributed by atoms with Crippen molar-refractivity contribution in [3.63, 3.8) is 0 Å². The van der Waals surface area contributed by atoms with Gasteiger partial charge in [-0.2, -0.15) is 13.2 Å². The van der Waals surface area contributed by atoms with E-state index in [1.165, 1.54) is 35.2 Å². The smallest absolute Gasteiger partial charge is 0.416 e. The molecule has 284 valence electrons. The zero-order chi connectivity index (χ0) is 37.8. The van der Waals surface area contributed by atoms with Crippen molar-refractivity contribution in [1.82, 2.24) is 19.9 Å². The Morgan fingerprint density at radius 3 is 2.66 bits per heavy atom. The number of halogens is 4. The number of anilines is 1. The van der Waals surface area contributed by atoms with Gasteiger partial charge in [0, 0.05) is 18.0 Å². The molecule has 1 saturated heterocycles. The SMILES string of the molecule is CC1(S(=O)(=O)NC(=O)[C@@]23C[C@H]2/C=C\CCCCC[C@H](Nc2cccc(C(F)(F)F)c2)C(=O)N2C[C@H](Oc4nc5ccc(F)cc5s4)C[C@H]2C(=O)N3)CC1. The second-order valence-corrected chi connectivity index (χ2v) is 17.8. The minimum Gasteiger partial charge on any atom is -0.465 e. The Bertz CT molecular complexity index is 2070. The molecule has 3 fully saturated rings. The van der Waals surface area contributed by atoms with Crippen LogP contribution in [0.3, 0.4) is 0 Å². The molecule has 3 heterocycles. The van der Waals surface area contributed by atoms with Crippen LogP contribution in [0.25, 0.3) is 10.2 Å². The normalized spacial score (nSPS) is 28.1. The maximum atomic E-state index is 14.5. The molecule has 17 heteroatoms. The predicted molar refractivity (Wildman–Crippen MR) is 189 cm³/mol. The van der Waals surface area contributed by atoms with Crippen molar-refractivity contribution >= 4 is 55.0 Å². The topological polar surface area (TPSA) is 147 Å². The second-order valence-electron chi connectivity index (χ2n) is 14.6. The number of rotatable bonds is 7. The molecule has 2 aliphatic carbocycles. The van der Waals surface area contributed by atoms with Crippen LogP contribution in [0.4, 0.5) is 23.2 Å². The van der Waals surface area contributed by atoms with Crippen molar-refractivity contribution in [1.29, 1.82) is 0 Å². The van der Waals surface area contributed by atoms with Crippen molar-refractivity contribution in [3.05, 3.63) is 66.0 Å². The van der Waals surface area contributed by atoms with Gasteiger partial charge in [0.1, 0.15) is 29.5 Å². The number of sulfonamides is 1. The van der Waals surface area contributed by atoms with E-state index in [1.54, 1.807) is 6.92 Å². The first-order valence-corrected chi connectivity index (χ1v) is 19.9. The number of carbonyl (C=O) groups excluding carboxylic acids is 3. The number of nitrogens with zero attached hydrogens (tertiary/aromatic N) is 2. The van der Waals surface area contributed by atoms with Crippen LogP contribution in [0, 0.1) is 11.7 Å². The highest BCUT2D eigenvalue weighted by Crippen LogP contribution is 2.47. The molecule has 2 aromatic carbocycles. The van der Waals surface area contributed by atoms with E-state index in [-0.39, 0.29) is 36.7 Å². The van der Waals surface area contributed by atoms with Crippen LogP contribution in [0.5, 0.6) is 5.19 Å². The molecule has 11 nitrogen and oxygen atoms in total. The van der Waals surface area contributed by atoms with Gasteiger partial charge in [0.25, 0.3) is 11.1 Å². The Labute approximate surface area is 307 Å². The number of aromatic nitrogens is 1. The molecule has 5 atom stereocenters. The molecule has 3 N–H and O–H groups in total. The molecule has 2 aliphatic heterocycles. The molecule has 7 rings (SSSR count). The van der Waals surface area contributed by atoms with Gasteiger partial charge in [0.05, 0.1) is 27.1 Å². The number of hydrogen-bond donors (Lipinski definition) is 3. The number of thiazole rings is 1. The summed E-state index contributed by atoms with van der Waals surface area (Å²) in [5, 5.41) is 5.98. The molecule has 1 aromatic heterocycles. The number of fused-ring (bicyclic) bond motifs is 3. The number of amides is 3. The first-order chi connectivity index (χ1) is 25.1. The van der Waals surface area contributed by atoms with Crippen molar-refractivity contribution in [3.8, 4) is 5.19 Å². The van der Waals surface area contributed by atoms with E-state index in [4.69, 9.17) is 4.74 Å². The summed E-state index contributed by atoms with van der Waals surface area (Å²) >= 11 is 1.09. The number of ether oxygens (including phenoxy) is 1. The van der Waals surface area contributed by atoms with E-state index in [0.717, 1.165) is 29.9 Å². The van der Waals surface area contributed by atoms with Gasteiger partial charge in [-0.25, -0.2) is 17.8 Å². The van der Waals surface area contributed by atoms with E-state index < -0.39 is 79.7 Å². The fourth-order valence-corrected chi connectivity index (χ4v) is 9.22. The van der Waals surface area contributed by atoms with E-state index in [1.807, 2.05) is 12.2 Å². The molecule has 2 saturated carbocycles. The van der Waals surface area contributed by atoms with Gasteiger partial charge in [-0.05, 0) is 81.8 Å². The van der Waals surface area contributed by atoms with Gasteiger partial charge in [-0.1, -0.05) is 42.4 Å². The van der Waals surface area contributed by atoms with Crippen LogP contribution in [0.1, 0.15) is 70.3 Å². The minimum atomic E-state index is -4.61. The summed E-state index contributed by atoms with van der Waals surface area (Å²) in [5.41, 5.74) is -1.89. The largest absolute Gasteiger partial charge is 0.465 e. The van der Waals surface area contributed by atoms with Gasteiger partial charge < -0.3 is 20.3 Å². The predicted octanol–water partition coefficient (Wildman–Crippen LogP) is 5.68. The molecule has 0 bridgehead atoms. The standard InChI is InChI=1S/C36H39F4N5O6S2/c1-34(14-15-34)53(49,50)44-32(48)35-19-22(35)8-5-3-2-4-6-11-27(41-24-10-7-9-21(16-24)36(38,39)40)31(47)45-20-25(18-28(45)30(46)43-35)51-33-42-26-13-12-23(37)17-29(26)52-33/h5,7-10,12-13,16-17,22,25,27-28,41H,2-4,6,11,14-15,18-20H2,1H3,(H,43,46)(H,44,48)/b8-5-/t22-,25-,27+,28+,35-/m1/s1. The van der Waals surface area contributed by atoms with Gasteiger partial charge >= 0.3 is 6.18 Å². The Kier molecular flexibility index (Phi) is 9.70. The quantitative estimate of drug-likeness (QED) is 0.205. The Morgan fingerprint density at radius 1 is 1.11 bits per heavy atom. The van der Waals surface area contributed by atoms with E-state index in [0.29, 0.717) is 42.3 Å². The van der Waals surface area contributed by atoms with Crippen LogP contribution in [0.15, 0.2) is 54.6 Å². The van der Waals surface area contributed by atoms with Crippen LogP contribution in [-0.4, -0.2) is 71.0 Å². The van der Waals surface area contributed by atoms with E-state index >= 15 is 0 Å². The summed E-state index contributed by atoms with van der Waals surface area (Å²) < 4.78 is 88.6. The number of nitrogens with one attached hydrogen (secondary N) is 3. The van der Waals surface area contributed by atoms with Crippen molar-refractivity contribution < 1.29 is 45.1 Å². The van der Waals surface area contributed by atoms with E-state index in [2.05, 4.69) is 20.3 Å². The molecule has 0 spiro atoms. The minimum absolute atomic E-state index is 0.0350. The third kappa shape index (κ3) is 7.72. The summed E-state index contributed by atoms with van der Waals surface area (Å²) in [4.78, 5) is 48.2. The summed E-state index contributed by atoms with van der Waals surface area (Å²) in [7, 11) is -4.03. The number of allylic oxidation sites excluding steroid dienone is 1. The monoisotopic (exact) mass is 777 g/mol. The van der Waals surface area contributed by atoms with Crippen molar-refractivity contribution in [2.24, 2.45) is 5.92 Å². The average Bonchev–Trinajstić information content (AvgIpc) is 3.91. The molecule has 0 radical (unpaired) electrons. The average molecular weight is 778 g/mol. The third-order valence-corrected chi connectivity index (χ3v) is 13.7. The second kappa shape index (κ2) is 13.9. The Balaban J connectivity index is 1.19. The molecular weight excluding hydrogens is 739 g/mol. The van der Waals surface area contributed by atoms with Gasteiger partial charge in [0.15, 0.2) is 0 Å². The maximum Gasteiger partial charge on any atom is 0.416 e. The fourth-order valence-electron chi connectivity index (χ4n) is 7.00. The maximum absolute atomic E-state index is 14.5. The van der Waals surface area contributed by atoms with E-state index in [9.17, 15) is 40.4 Å². The van der Waals surface area contributed by atoms with Gasteiger partial charge in [0.2, 0.25) is 21.8 Å². The Morgan fingerprint density at radius 2 is 1.91 bits per heavy atom. The lowest BCUT2D eigenvalue weighted by atomic mass is 10.0. The van der Waals surface area contributed by atoms with Crippen LogP contribution >= 0.6 is 11.3 Å². The number of benzene rings is 2. The summed E-state index contributed by atoms with van der Waals surface area (Å²) in [6, 6.07) is 6.41. The zero-order valence-corrected chi connectivity index (χ0v) is 30.4. The molecule has 3 aromatic rings. The third-order valence-electron chi connectivity index (χ3n) is 10.6. The first-order valence-electron chi connectivity index (χ1n) is 17.6. The number of carbonyl (C=O) groups is 3. The number of hydrogen-bond acceptors (Lipinski definition) is 9. The lowest BCUT2D eigenvalue weighted by molar-refractivity contribution is -0.140. The highest BCUT2D eigenvalue weighted by Gasteiger charge is 2.63. The van der Waals surface area contributed by atoms with Crippen molar-refractivity contribution in [2.45, 2.75) is 99.4 Å². The van der Waals surface area contributed by atoms with Gasteiger partial charge in [-0.3, -0.25) is 19.1 Å². The zero-order valence-electron chi connectivity index (χ0n) is 28.7. The Hall–Kier alpha value is -4.25. The lowest BCUT2D eigenvalue weighted by Crippen LogP contribution is -2.58. The highest BCUT2D eigenvalue weighted by atomic mass is 32.2. The lowest BCUT2D eigenvalue weighted by Gasteiger charge is -2.30. The van der Waals surface area contributed by atoms with Crippen LogP contribution in [0.2, 0.25) is 0 Å². The molecular formula is C36H39F4N5O6S2. The van der Waals surface area contributed by atoms with Crippen LogP contribution < -0.4 is 20.1 Å². The molecule has 53 heavy (non-hydrogen) atoms. The molecule has 3 amide bonds. The summed E-state index contributed by atoms with van der Waals surface area (Å²) in [6.45, 7) is 1.45. The summed E-state index contributed by atoms with van der Waals surface area (Å²) in [6.07, 6.45) is 2.08.